The minimum atomic E-state index is -4.05. The van der Waals surface area contributed by atoms with Crippen LogP contribution in [-0.2, 0) is 21.4 Å². The van der Waals surface area contributed by atoms with Gasteiger partial charge in [-0.3, -0.25) is 4.79 Å². The van der Waals surface area contributed by atoms with Gasteiger partial charge in [-0.2, -0.15) is 0 Å². The fraction of sp³-hybridized carbons (Fsp3) is 0.0667. The highest BCUT2D eigenvalue weighted by molar-refractivity contribution is 7.89. The van der Waals surface area contributed by atoms with Crippen LogP contribution in [0.2, 0.25) is 5.02 Å². The van der Waals surface area contributed by atoms with Crippen LogP contribution < -0.4 is 10.9 Å². The first kappa shape index (κ1) is 17.9. The van der Waals surface area contributed by atoms with Gasteiger partial charge in [0.15, 0.2) is 0 Å². The number of carbonyl (C=O) groups is 2. The van der Waals surface area contributed by atoms with E-state index in [0.29, 0.717) is 11.1 Å². The number of carbonyl (C=O) groups excluding carboxylic acids is 2. The average Bonchev–Trinajstić information content (AvgIpc) is 2.52. The van der Waals surface area contributed by atoms with Crippen molar-refractivity contribution in [3.63, 3.8) is 0 Å². The molecule has 0 aromatic heterocycles. The predicted molar refractivity (Wildman–Crippen MR) is 86.9 cm³/mol. The molecule has 24 heavy (non-hydrogen) atoms. The lowest BCUT2D eigenvalue weighted by atomic mass is 10.1. The number of hydrogen-bond acceptors (Lipinski definition) is 5. The molecule has 0 heterocycles. The van der Waals surface area contributed by atoms with E-state index < -0.39 is 21.9 Å². The van der Waals surface area contributed by atoms with E-state index in [1.54, 1.807) is 12.1 Å². The van der Waals surface area contributed by atoms with Crippen molar-refractivity contribution >= 4 is 33.5 Å². The van der Waals surface area contributed by atoms with Crippen LogP contribution in [0.3, 0.4) is 0 Å². The minimum Gasteiger partial charge on any atom is -0.457 e. The number of hydrogen-bond donors (Lipinski definition) is 2. The van der Waals surface area contributed by atoms with E-state index in [1.807, 2.05) is 0 Å². The molecule has 7 nitrogen and oxygen atoms in total. The van der Waals surface area contributed by atoms with Gasteiger partial charge in [0.1, 0.15) is 11.5 Å². The molecule has 2 aromatic carbocycles. The van der Waals surface area contributed by atoms with Gasteiger partial charge < -0.3 is 10.5 Å². The molecule has 0 saturated heterocycles. The highest BCUT2D eigenvalue weighted by atomic mass is 35.5. The van der Waals surface area contributed by atoms with Crippen LogP contribution in [0.4, 0.5) is 0 Å². The van der Waals surface area contributed by atoms with Crippen molar-refractivity contribution in [1.29, 1.82) is 0 Å². The smallest absolute Gasteiger partial charge is 0.338 e. The van der Waals surface area contributed by atoms with Gasteiger partial charge in [-0.1, -0.05) is 23.7 Å². The number of primary sulfonamides is 1. The summed E-state index contributed by atoms with van der Waals surface area (Å²) in [4.78, 5) is 22.6. The zero-order valence-electron chi connectivity index (χ0n) is 12.2. The van der Waals surface area contributed by atoms with Gasteiger partial charge in [-0.25, -0.2) is 18.4 Å². The van der Waals surface area contributed by atoms with Crippen molar-refractivity contribution in [2.75, 3.05) is 0 Å². The molecule has 9 heteroatoms. The van der Waals surface area contributed by atoms with Crippen molar-refractivity contribution in [2.24, 2.45) is 10.9 Å². The quantitative estimate of drug-likeness (QED) is 0.771. The first-order valence-electron chi connectivity index (χ1n) is 6.56. The third-order valence-electron chi connectivity index (χ3n) is 3.08. The van der Waals surface area contributed by atoms with Crippen molar-refractivity contribution in [2.45, 2.75) is 11.5 Å². The summed E-state index contributed by atoms with van der Waals surface area (Å²) in [6.07, 6.45) is 0. The molecule has 0 aliphatic carbocycles. The lowest BCUT2D eigenvalue weighted by Gasteiger charge is -2.07. The molecule has 0 saturated carbocycles. The first-order chi connectivity index (χ1) is 11.2. The fourth-order valence-corrected chi connectivity index (χ4v) is 2.92. The van der Waals surface area contributed by atoms with E-state index in [-0.39, 0.29) is 22.1 Å². The Hall–Kier alpha value is -2.42. The Labute approximate surface area is 143 Å². The van der Waals surface area contributed by atoms with E-state index in [0.717, 1.165) is 6.07 Å². The Balaban J connectivity index is 2.11. The van der Waals surface area contributed by atoms with Gasteiger partial charge in [-0.05, 0) is 35.9 Å². The van der Waals surface area contributed by atoms with Crippen LogP contribution in [-0.4, -0.2) is 20.3 Å². The van der Waals surface area contributed by atoms with Crippen LogP contribution in [0.25, 0.3) is 0 Å². The van der Waals surface area contributed by atoms with Crippen LogP contribution >= 0.6 is 11.6 Å². The maximum absolute atomic E-state index is 12.0. The number of amides is 1. The number of esters is 1. The zero-order valence-corrected chi connectivity index (χ0v) is 13.8. The molecule has 0 bridgehead atoms. The lowest BCUT2D eigenvalue weighted by Crippen LogP contribution is -2.14. The zero-order chi connectivity index (χ0) is 17.9. The molecule has 126 valence electrons. The molecule has 4 N–H and O–H groups in total. The molecule has 0 spiro atoms. The Morgan fingerprint density at radius 3 is 2.17 bits per heavy atom. The molecule has 0 atom stereocenters. The second kappa shape index (κ2) is 7.00. The van der Waals surface area contributed by atoms with Crippen molar-refractivity contribution in [3.8, 4) is 0 Å². The molecule has 0 unspecified atom stereocenters. The van der Waals surface area contributed by atoms with E-state index in [2.05, 4.69) is 0 Å². The average molecular weight is 369 g/mol. The summed E-state index contributed by atoms with van der Waals surface area (Å²) in [5, 5.41) is 4.94. The van der Waals surface area contributed by atoms with Crippen LogP contribution in [0.15, 0.2) is 47.4 Å². The third-order valence-corrected chi connectivity index (χ3v) is 4.47. The second-order valence-corrected chi connectivity index (χ2v) is 6.76. The van der Waals surface area contributed by atoms with Gasteiger partial charge in [0.2, 0.25) is 15.9 Å². The first-order valence-corrected chi connectivity index (χ1v) is 8.49. The summed E-state index contributed by atoms with van der Waals surface area (Å²) in [7, 11) is -4.05. The Kier molecular flexibility index (Phi) is 5.23. The van der Waals surface area contributed by atoms with E-state index in [1.165, 1.54) is 24.3 Å². The maximum Gasteiger partial charge on any atom is 0.338 e. The molecular formula is C15H13ClN2O5S. The van der Waals surface area contributed by atoms with Crippen molar-refractivity contribution in [3.05, 3.63) is 64.2 Å². The van der Waals surface area contributed by atoms with E-state index in [4.69, 9.17) is 27.2 Å². The number of primary amides is 1. The number of sulfonamides is 1. The fourth-order valence-electron chi connectivity index (χ4n) is 1.85. The lowest BCUT2D eigenvalue weighted by molar-refractivity contribution is 0.0472. The molecule has 1 amide bonds. The van der Waals surface area contributed by atoms with Gasteiger partial charge >= 0.3 is 5.97 Å². The van der Waals surface area contributed by atoms with E-state index in [9.17, 15) is 18.0 Å². The van der Waals surface area contributed by atoms with Crippen LogP contribution in [0.1, 0.15) is 26.3 Å². The Morgan fingerprint density at radius 1 is 1.04 bits per heavy atom. The number of rotatable bonds is 5. The van der Waals surface area contributed by atoms with Crippen LogP contribution in [0.5, 0.6) is 0 Å². The SMILES string of the molecule is NC(=O)c1ccc(COC(=O)c2ccc(Cl)c(S(N)(=O)=O)c2)cc1. The molecular weight excluding hydrogens is 356 g/mol. The summed E-state index contributed by atoms with van der Waals surface area (Å²) < 4.78 is 27.9. The largest absolute Gasteiger partial charge is 0.457 e. The molecule has 0 fully saturated rings. The Bertz CT molecular complexity index is 895. The summed E-state index contributed by atoms with van der Waals surface area (Å²) in [5.74, 6) is -1.30. The summed E-state index contributed by atoms with van der Waals surface area (Å²) in [6, 6.07) is 9.82. The van der Waals surface area contributed by atoms with Crippen LogP contribution in [0, 0.1) is 0 Å². The summed E-state index contributed by atoms with van der Waals surface area (Å²) >= 11 is 5.75. The molecule has 2 rings (SSSR count). The third kappa shape index (κ3) is 4.31. The summed E-state index contributed by atoms with van der Waals surface area (Å²) in [6.45, 7) is -0.0643. The standard InChI is InChI=1S/C15H13ClN2O5S/c16-12-6-5-11(7-13(12)24(18,21)22)15(20)23-8-9-1-3-10(4-2-9)14(17)19/h1-7H,8H2,(H2,17,19)(H2,18,21,22). The number of halogens is 1. The van der Waals surface area contributed by atoms with E-state index >= 15 is 0 Å². The summed E-state index contributed by atoms with van der Waals surface area (Å²) in [5.41, 5.74) is 6.09. The molecule has 0 aliphatic rings. The maximum atomic E-state index is 12.0. The van der Waals surface area contributed by atoms with Crippen molar-refractivity contribution in [1.82, 2.24) is 0 Å². The number of ether oxygens (including phenoxy) is 1. The normalized spacial score (nSPS) is 11.1. The van der Waals surface area contributed by atoms with Crippen molar-refractivity contribution < 1.29 is 22.7 Å². The predicted octanol–water partition coefficient (Wildman–Crippen LogP) is 1.44. The second-order valence-electron chi connectivity index (χ2n) is 4.83. The number of benzene rings is 2. The molecule has 2 aromatic rings. The van der Waals surface area contributed by atoms with Gasteiger partial charge in [0, 0.05) is 5.56 Å². The van der Waals surface area contributed by atoms with Gasteiger partial charge in [-0.15, -0.1) is 0 Å². The minimum absolute atomic E-state index is 0.00261. The molecule has 0 radical (unpaired) electrons. The number of nitrogens with two attached hydrogens (primary N) is 2. The highest BCUT2D eigenvalue weighted by Gasteiger charge is 2.17. The van der Waals surface area contributed by atoms with Gasteiger partial charge in [0.05, 0.1) is 10.6 Å². The Morgan fingerprint density at radius 2 is 1.62 bits per heavy atom. The molecule has 0 aliphatic heterocycles. The highest BCUT2D eigenvalue weighted by Crippen LogP contribution is 2.22. The monoisotopic (exact) mass is 368 g/mol. The van der Waals surface area contributed by atoms with Gasteiger partial charge in [0.25, 0.3) is 0 Å². The topological polar surface area (TPSA) is 130 Å².